The first-order valence-electron chi connectivity index (χ1n) is 5.40. The van der Waals surface area contributed by atoms with Crippen LogP contribution in [0.1, 0.15) is 30.0 Å². The number of nitrogens with zero attached hydrogens (tertiary/aromatic N) is 2. The molecule has 4 heteroatoms. The zero-order chi connectivity index (χ0) is 11.4. The van der Waals surface area contributed by atoms with Crippen LogP contribution in [0, 0.1) is 6.92 Å². The SMILES string of the molecule is Cc1[nH]cnc1CN[C@H](C)c1ccccn1. The molecule has 0 aliphatic rings. The lowest BCUT2D eigenvalue weighted by molar-refractivity contribution is 0.555. The standard InChI is InChI=1S/C12H16N4/c1-9(11-5-3-4-6-13-11)14-7-12-10(2)15-8-16-12/h3-6,8-9,14H,7H2,1-2H3,(H,15,16)/t9-/m1/s1. The maximum Gasteiger partial charge on any atom is 0.0925 e. The number of pyridine rings is 1. The molecule has 2 heterocycles. The number of hydrogen-bond acceptors (Lipinski definition) is 3. The van der Waals surface area contributed by atoms with Gasteiger partial charge < -0.3 is 10.3 Å². The predicted octanol–water partition coefficient (Wildman–Crippen LogP) is 1.96. The smallest absolute Gasteiger partial charge is 0.0925 e. The van der Waals surface area contributed by atoms with Crippen LogP contribution in [0.5, 0.6) is 0 Å². The molecule has 0 amide bonds. The highest BCUT2D eigenvalue weighted by Gasteiger charge is 2.07. The molecule has 0 unspecified atom stereocenters. The monoisotopic (exact) mass is 216 g/mol. The Labute approximate surface area is 95.1 Å². The van der Waals surface area contributed by atoms with Gasteiger partial charge in [0.25, 0.3) is 0 Å². The van der Waals surface area contributed by atoms with Gasteiger partial charge in [-0.15, -0.1) is 0 Å². The molecule has 84 valence electrons. The number of nitrogens with one attached hydrogen (secondary N) is 2. The van der Waals surface area contributed by atoms with Crippen LogP contribution in [0.2, 0.25) is 0 Å². The fourth-order valence-corrected chi connectivity index (χ4v) is 1.55. The molecular weight excluding hydrogens is 200 g/mol. The zero-order valence-electron chi connectivity index (χ0n) is 9.57. The lowest BCUT2D eigenvalue weighted by Gasteiger charge is -2.12. The molecule has 0 aliphatic carbocycles. The fourth-order valence-electron chi connectivity index (χ4n) is 1.55. The van der Waals surface area contributed by atoms with Crippen LogP contribution in [0.4, 0.5) is 0 Å². The first kappa shape index (κ1) is 10.8. The van der Waals surface area contributed by atoms with E-state index in [1.807, 2.05) is 31.3 Å². The van der Waals surface area contributed by atoms with E-state index in [1.165, 1.54) is 0 Å². The third kappa shape index (κ3) is 2.46. The molecule has 0 spiro atoms. The van der Waals surface area contributed by atoms with Gasteiger partial charge in [-0.3, -0.25) is 4.98 Å². The molecule has 2 rings (SSSR count). The van der Waals surface area contributed by atoms with Gasteiger partial charge in [-0.2, -0.15) is 0 Å². The quantitative estimate of drug-likeness (QED) is 0.821. The maximum atomic E-state index is 4.31. The Morgan fingerprint density at radius 2 is 2.25 bits per heavy atom. The molecule has 0 aliphatic heterocycles. The molecule has 0 aromatic carbocycles. The zero-order valence-corrected chi connectivity index (χ0v) is 9.57. The molecule has 0 bridgehead atoms. The van der Waals surface area contributed by atoms with Crippen LogP contribution in [0.15, 0.2) is 30.7 Å². The minimum absolute atomic E-state index is 0.234. The van der Waals surface area contributed by atoms with Crippen molar-refractivity contribution in [3.63, 3.8) is 0 Å². The molecule has 0 saturated carbocycles. The van der Waals surface area contributed by atoms with Gasteiger partial charge in [-0.25, -0.2) is 4.98 Å². The summed E-state index contributed by atoms with van der Waals surface area (Å²) >= 11 is 0. The van der Waals surface area contributed by atoms with Gasteiger partial charge in [0.15, 0.2) is 0 Å². The summed E-state index contributed by atoms with van der Waals surface area (Å²) in [7, 11) is 0. The van der Waals surface area contributed by atoms with E-state index >= 15 is 0 Å². The lowest BCUT2D eigenvalue weighted by atomic mass is 10.2. The number of aromatic nitrogens is 3. The molecule has 2 N–H and O–H groups in total. The predicted molar refractivity (Wildman–Crippen MR) is 62.8 cm³/mol. The van der Waals surface area contributed by atoms with E-state index in [4.69, 9.17) is 0 Å². The van der Waals surface area contributed by atoms with Crippen molar-refractivity contribution in [2.45, 2.75) is 26.4 Å². The van der Waals surface area contributed by atoms with Crippen molar-refractivity contribution in [1.29, 1.82) is 0 Å². The van der Waals surface area contributed by atoms with Gasteiger partial charge in [0.1, 0.15) is 0 Å². The van der Waals surface area contributed by atoms with Crippen molar-refractivity contribution < 1.29 is 0 Å². The van der Waals surface area contributed by atoms with Gasteiger partial charge in [0.2, 0.25) is 0 Å². The Bertz CT molecular complexity index is 435. The lowest BCUT2D eigenvalue weighted by Crippen LogP contribution is -2.19. The van der Waals surface area contributed by atoms with Crippen LogP contribution in [0.25, 0.3) is 0 Å². The maximum absolute atomic E-state index is 4.31. The Balaban J connectivity index is 1.94. The van der Waals surface area contributed by atoms with Crippen LogP contribution in [0.3, 0.4) is 0 Å². The van der Waals surface area contributed by atoms with Crippen molar-refractivity contribution in [2.24, 2.45) is 0 Å². The summed E-state index contributed by atoms with van der Waals surface area (Å²) in [6.45, 7) is 4.88. The van der Waals surface area contributed by atoms with E-state index in [1.54, 1.807) is 6.33 Å². The summed E-state index contributed by atoms with van der Waals surface area (Å²) in [4.78, 5) is 11.6. The molecule has 2 aromatic rings. The highest BCUT2D eigenvalue weighted by atomic mass is 15.0. The van der Waals surface area contributed by atoms with Crippen LogP contribution >= 0.6 is 0 Å². The normalized spacial score (nSPS) is 12.6. The Morgan fingerprint density at radius 3 is 2.88 bits per heavy atom. The second-order valence-electron chi connectivity index (χ2n) is 3.83. The summed E-state index contributed by atoms with van der Waals surface area (Å²) < 4.78 is 0. The third-order valence-corrected chi connectivity index (χ3v) is 2.64. The third-order valence-electron chi connectivity index (χ3n) is 2.64. The molecule has 0 fully saturated rings. The molecular formula is C12H16N4. The Morgan fingerprint density at radius 1 is 1.38 bits per heavy atom. The van der Waals surface area contributed by atoms with Gasteiger partial charge in [0, 0.05) is 24.5 Å². The van der Waals surface area contributed by atoms with Crippen molar-refractivity contribution in [1.82, 2.24) is 20.3 Å². The minimum atomic E-state index is 0.234. The second-order valence-corrected chi connectivity index (χ2v) is 3.83. The number of rotatable bonds is 4. The van der Waals surface area contributed by atoms with Gasteiger partial charge in [-0.05, 0) is 26.0 Å². The van der Waals surface area contributed by atoms with E-state index in [9.17, 15) is 0 Å². The number of aromatic amines is 1. The molecule has 0 saturated heterocycles. The first-order chi connectivity index (χ1) is 7.77. The van der Waals surface area contributed by atoms with E-state index in [2.05, 4.69) is 27.2 Å². The van der Waals surface area contributed by atoms with Crippen LogP contribution in [-0.4, -0.2) is 15.0 Å². The minimum Gasteiger partial charge on any atom is -0.348 e. The molecule has 1 atom stereocenters. The molecule has 16 heavy (non-hydrogen) atoms. The van der Waals surface area contributed by atoms with Gasteiger partial charge in [-0.1, -0.05) is 6.07 Å². The van der Waals surface area contributed by atoms with Crippen molar-refractivity contribution >= 4 is 0 Å². The van der Waals surface area contributed by atoms with Crippen molar-refractivity contribution in [2.75, 3.05) is 0 Å². The summed E-state index contributed by atoms with van der Waals surface area (Å²) in [6.07, 6.45) is 3.53. The Kier molecular flexibility index (Phi) is 3.31. The summed E-state index contributed by atoms with van der Waals surface area (Å²) in [5.41, 5.74) is 3.22. The van der Waals surface area contributed by atoms with Crippen LogP contribution in [-0.2, 0) is 6.54 Å². The average Bonchev–Trinajstić information content (AvgIpc) is 2.73. The number of hydrogen-bond donors (Lipinski definition) is 2. The summed E-state index contributed by atoms with van der Waals surface area (Å²) in [5.74, 6) is 0. The average molecular weight is 216 g/mol. The fraction of sp³-hybridized carbons (Fsp3) is 0.333. The first-order valence-corrected chi connectivity index (χ1v) is 5.40. The molecule has 2 aromatic heterocycles. The van der Waals surface area contributed by atoms with E-state index in [0.717, 1.165) is 23.6 Å². The second kappa shape index (κ2) is 4.90. The van der Waals surface area contributed by atoms with Crippen molar-refractivity contribution in [3.05, 3.63) is 47.8 Å². The number of aryl methyl sites for hydroxylation is 1. The summed E-state index contributed by atoms with van der Waals surface area (Å²) in [5, 5.41) is 3.40. The molecule has 4 nitrogen and oxygen atoms in total. The van der Waals surface area contributed by atoms with Crippen LogP contribution < -0.4 is 5.32 Å². The number of imidazole rings is 1. The van der Waals surface area contributed by atoms with E-state index in [-0.39, 0.29) is 6.04 Å². The largest absolute Gasteiger partial charge is 0.348 e. The highest BCUT2D eigenvalue weighted by molar-refractivity contribution is 5.11. The van der Waals surface area contributed by atoms with Gasteiger partial charge >= 0.3 is 0 Å². The molecule has 0 radical (unpaired) electrons. The van der Waals surface area contributed by atoms with E-state index < -0.39 is 0 Å². The Hall–Kier alpha value is -1.68. The highest BCUT2D eigenvalue weighted by Crippen LogP contribution is 2.09. The summed E-state index contributed by atoms with van der Waals surface area (Å²) in [6, 6.07) is 6.18. The van der Waals surface area contributed by atoms with Crippen molar-refractivity contribution in [3.8, 4) is 0 Å². The number of H-pyrrole nitrogens is 1. The topological polar surface area (TPSA) is 53.6 Å². The van der Waals surface area contributed by atoms with E-state index in [0.29, 0.717) is 0 Å². The van der Waals surface area contributed by atoms with Gasteiger partial charge in [0.05, 0.1) is 17.7 Å².